The number of hydrogen-bond acceptors (Lipinski definition) is 4. The highest BCUT2D eigenvalue weighted by atomic mass is 16.5. The number of aromatic amines is 2. The third-order valence-electron chi connectivity index (χ3n) is 6.39. The molecule has 31 heavy (non-hydrogen) atoms. The summed E-state index contributed by atoms with van der Waals surface area (Å²) in [5.41, 5.74) is 4.00. The molecule has 6 heteroatoms. The summed E-state index contributed by atoms with van der Waals surface area (Å²) in [6.45, 7) is 0. The molecule has 1 aliphatic carbocycles. The third kappa shape index (κ3) is 3.15. The number of hydrogen-bond donors (Lipinski definition) is 2. The summed E-state index contributed by atoms with van der Waals surface area (Å²) < 4.78 is 5.34. The van der Waals surface area contributed by atoms with Gasteiger partial charge in [-0.15, -0.1) is 0 Å². The van der Waals surface area contributed by atoms with Crippen molar-refractivity contribution in [3.05, 3.63) is 60.4 Å². The van der Waals surface area contributed by atoms with Crippen LogP contribution in [0.4, 0.5) is 0 Å². The molecular formula is C25H23N5O. The normalized spacial score (nSPS) is 14.6. The molecule has 5 aromatic rings. The number of H-pyrrole nitrogens is 2. The topological polar surface area (TPSA) is 79.5 Å². The predicted molar refractivity (Wildman–Crippen MR) is 122 cm³/mol. The van der Waals surface area contributed by atoms with Gasteiger partial charge in [0, 0.05) is 22.4 Å². The SMILES string of the molecule is COc1ccc2cc(-c3n[nH]c4ccc(-c5n[nH]c(C6CCCC6)n5)cc34)ccc2c1. The number of ether oxygens (including phenoxy) is 1. The van der Waals surface area contributed by atoms with Crippen LogP contribution in [-0.2, 0) is 0 Å². The van der Waals surface area contributed by atoms with Crippen LogP contribution in [0.25, 0.3) is 44.3 Å². The number of nitrogens with zero attached hydrogens (tertiary/aromatic N) is 3. The van der Waals surface area contributed by atoms with Crippen LogP contribution in [0.1, 0.15) is 37.4 Å². The van der Waals surface area contributed by atoms with Crippen molar-refractivity contribution in [3.8, 4) is 28.4 Å². The number of benzene rings is 3. The Kier molecular flexibility index (Phi) is 4.23. The van der Waals surface area contributed by atoms with Gasteiger partial charge in [-0.25, -0.2) is 4.98 Å². The molecule has 0 aliphatic heterocycles. The van der Waals surface area contributed by atoms with Gasteiger partial charge in [-0.05, 0) is 60.0 Å². The smallest absolute Gasteiger partial charge is 0.181 e. The van der Waals surface area contributed by atoms with Gasteiger partial charge in [-0.1, -0.05) is 31.0 Å². The predicted octanol–water partition coefficient (Wildman–Crippen LogP) is 5.83. The van der Waals surface area contributed by atoms with Crippen LogP contribution in [0.2, 0.25) is 0 Å². The standard InChI is InChI=1S/C25H23N5O/c1-31-20-10-8-16-12-18(7-6-17(16)13-20)23-21-14-19(9-11-22(21)27-28-23)25-26-24(29-30-25)15-4-2-3-5-15/h6-15H,2-5H2,1H3,(H,27,28)(H,26,29,30). The van der Waals surface area contributed by atoms with Crippen LogP contribution in [0.5, 0.6) is 5.75 Å². The fourth-order valence-corrected chi connectivity index (χ4v) is 4.66. The lowest BCUT2D eigenvalue weighted by atomic mass is 10.0. The molecule has 3 aromatic carbocycles. The minimum absolute atomic E-state index is 0.519. The minimum atomic E-state index is 0.519. The summed E-state index contributed by atoms with van der Waals surface area (Å²) in [4.78, 5) is 4.80. The molecule has 0 atom stereocenters. The van der Waals surface area contributed by atoms with Crippen LogP contribution in [0, 0.1) is 0 Å². The lowest BCUT2D eigenvalue weighted by Crippen LogP contribution is -1.94. The molecule has 0 bridgehead atoms. The molecule has 2 aromatic heterocycles. The molecule has 154 valence electrons. The van der Waals surface area contributed by atoms with Gasteiger partial charge in [0.25, 0.3) is 0 Å². The van der Waals surface area contributed by atoms with E-state index in [1.54, 1.807) is 7.11 Å². The molecule has 6 nitrogen and oxygen atoms in total. The Morgan fingerprint density at radius 1 is 0.839 bits per heavy atom. The lowest BCUT2D eigenvalue weighted by Gasteiger charge is -2.05. The largest absolute Gasteiger partial charge is 0.497 e. The first-order valence-corrected chi connectivity index (χ1v) is 10.8. The molecule has 0 amide bonds. The molecule has 0 spiro atoms. The molecule has 6 rings (SSSR count). The minimum Gasteiger partial charge on any atom is -0.497 e. The van der Waals surface area contributed by atoms with E-state index in [1.165, 1.54) is 25.7 Å². The van der Waals surface area contributed by atoms with Gasteiger partial charge in [0.1, 0.15) is 11.6 Å². The highest BCUT2D eigenvalue weighted by Crippen LogP contribution is 2.34. The second-order valence-electron chi connectivity index (χ2n) is 8.29. The lowest BCUT2D eigenvalue weighted by molar-refractivity contribution is 0.415. The van der Waals surface area contributed by atoms with E-state index in [-0.39, 0.29) is 0 Å². The summed E-state index contributed by atoms with van der Waals surface area (Å²) in [6.07, 6.45) is 4.97. The zero-order valence-electron chi connectivity index (χ0n) is 17.4. The van der Waals surface area contributed by atoms with Crippen molar-refractivity contribution in [3.63, 3.8) is 0 Å². The molecule has 2 heterocycles. The van der Waals surface area contributed by atoms with Crippen LogP contribution in [-0.4, -0.2) is 32.5 Å². The van der Waals surface area contributed by atoms with Gasteiger partial charge >= 0.3 is 0 Å². The summed E-state index contributed by atoms with van der Waals surface area (Å²) in [5, 5.41) is 18.8. The van der Waals surface area contributed by atoms with Gasteiger partial charge in [0.15, 0.2) is 5.82 Å². The summed E-state index contributed by atoms with van der Waals surface area (Å²) in [5.74, 6) is 3.15. The van der Waals surface area contributed by atoms with E-state index >= 15 is 0 Å². The van der Waals surface area contributed by atoms with Crippen molar-refractivity contribution in [2.75, 3.05) is 7.11 Å². The average Bonchev–Trinajstić information content (AvgIpc) is 3.58. The molecule has 1 fully saturated rings. The Morgan fingerprint density at radius 3 is 2.52 bits per heavy atom. The summed E-state index contributed by atoms with van der Waals surface area (Å²) in [7, 11) is 1.69. The monoisotopic (exact) mass is 409 g/mol. The maximum Gasteiger partial charge on any atom is 0.181 e. The second-order valence-corrected chi connectivity index (χ2v) is 8.29. The number of fused-ring (bicyclic) bond motifs is 2. The van der Waals surface area contributed by atoms with Gasteiger partial charge < -0.3 is 4.74 Å². The van der Waals surface area contributed by atoms with Crippen LogP contribution in [0.3, 0.4) is 0 Å². The van der Waals surface area contributed by atoms with Gasteiger partial charge in [0.2, 0.25) is 0 Å². The molecule has 2 N–H and O–H groups in total. The first-order valence-electron chi connectivity index (χ1n) is 10.8. The van der Waals surface area contributed by atoms with Crippen LogP contribution < -0.4 is 4.74 Å². The van der Waals surface area contributed by atoms with Gasteiger partial charge in [0.05, 0.1) is 18.3 Å². The maximum absolute atomic E-state index is 5.34. The fraction of sp³-hybridized carbons (Fsp3) is 0.240. The van der Waals surface area contributed by atoms with Crippen LogP contribution >= 0.6 is 0 Å². The van der Waals surface area contributed by atoms with E-state index in [1.807, 2.05) is 12.1 Å². The average molecular weight is 409 g/mol. The van der Waals surface area contributed by atoms with Crippen molar-refractivity contribution in [1.82, 2.24) is 25.4 Å². The molecular weight excluding hydrogens is 386 g/mol. The van der Waals surface area contributed by atoms with E-state index in [2.05, 4.69) is 62.9 Å². The number of aromatic nitrogens is 5. The molecule has 1 aliphatic rings. The third-order valence-corrected chi connectivity index (χ3v) is 6.39. The van der Waals surface area contributed by atoms with E-state index in [9.17, 15) is 0 Å². The van der Waals surface area contributed by atoms with E-state index < -0.39 is 0 Å². The Hall–Kier alpha value is -3.67. The second kappa shape index (κ2) is 7.23. The quantitative estimate of drug-likeness (QED) is 0.391. The molecule has 0 radical (unpaired) electrons. The zero-order valence-corrected chi connectivity index (χ0v) is 17.4. The summed E-state index contributed by atoms with van der Waals surface area (Å²) >= 11 is 0. The fourth-order valence-electron chi connectivity index (χ4n) is 4.66. The van der Waals surface area contributed by atoms with E-state index in [0.29, 0.717) is 5.92 Å². The Bertz CT molecular complexity index is 1390. The summed E-state index contributed by atoms with van der Waals surface area (Å²) in [6, 6.07) is 18.7. The Morgan fingerprint density at radius 2 is 1.65 bits per heavy atom. The number of methoxy groups -OCH3 is 1. The van der Waals surface area contributed by atoms with E-state index in [4.69, 9.17) is 9.72 Å². The molecule has 1 saturated carbocycles. The van der Waals surface area contributed by atoms with Crippen molar-refractivity contribution < 1.29 is 4.74 Å². The maximum atomic E-state index is 5.34. The van der Waals surface area contributed by atoms with Crippen molar-refractivity contribution >= 4 is 21.7 Å². The number of rotatable bonds is 4. The highest BCUT2D eigenvalue weighted by molar-refractivity contribution is 5.97. The number of nitrogens with one attached hydrogen (secondary N) is 2. The first-order chi connectivity index (χ1) is 15.3. The highest BCUT2D eigenvalue weighted by Gasteiger charge is 2.21. The van der Waals surface area contributed by atoms with Gasteiger partial charge in [-0.3, -0.25) is 10.2 Å². The van der Waals surface area contributed by atoms with Crippen molar-refractivity contribution in [1.29, 1.82) is 0 Å². The van der Waals surface area contributed by atoms with Crippen molar-refractivity contribution in [2.24, 2.45) is 0 Å². The zero-order chi connectivity index (χ0) is 20.8. The molecule has 0 saturated heterocycles. The first kappa shape index (κ1) is 18.1. The Balaban J connectivity index is 1.40. The Labute approximate surface area is 179 Å². The van der Waals surface area contributed by atoms with Crippen molar-refractivity contribution in [2.45, 2.75) is 31.6 Å². The molecule has 0 unspecified atom stereocenters. The van der Waals surface area contributed by atoms with E-state index in [0.717, 1.165) is 55.9 Å². The van der Waals surface area contributed by atoms with Crippen LogP contribution in [0.15, 0.2) is 54.6 Å². The van der Waals surface area contributed by atoms with Gasteiger partial charge in [-0.2, -0.15) is 10.2 Å².